The first-order valence-electron chi connectivity index (χ1n) is 6.12. The highest BCUT2D eigenvalue weighted by Crippen LogP contribution is 2.54. The van der Waals surface area contributed by atoms with E-state index in [9.17, 15) is 5.11 Å². The summed E-state index contributed by atoms with van der Waals surface area (Å²) in [5.74, 6) is 0. The van der Waals surface area contributed by atoms with Crippen LogP contribution < -0.4 is 0 Å². The molecule has 0 saturated heterocycles. The van der Waals surface area contributed by atoms with Gasteiger partial charge in [-0.3, -0.25) is 4.68 Å². The van der Waals surface area contributed by atoms with Crippen LogP contribution in [0.2, 0.25) is 0 Å². The Hall–Kier alpha value is -0.830. The first-order valence-corrected chi connectivity index (χ1v) is 6.12. The zero-order chi connectivity index (χ0) is 12.0. The molecule has 1 aliphatic carbocycles. The van der Waals surface area contributed by atoms with E-state index in [-0.39, 0.29) is 5.41 Å². The van der Waals surface area contributed by atoms with Gasteiger partial charge in [0.05, 0.1) is 11.3 Å². The van der Waals surface area contributed by atoms with Gasteiger partial charge in [0.1, 0.15) is 0 Å². The maximum Gasteiger partial charge on any atom is 0.0728 e. The minimum Gasteiger partial charge on any atom is -0.389 e. The Labute approximate surface area is 97.5 Å². The Bertz CT molecular complexity index is 389. The minimum atomic E-state index is -0.605. The van der Waals surface area contributed by atoms with Gasteiger partial charge in [-0.05, 0) is 37.7 Å². The van der Waals surface area contributed by atoms with Gasteiger partial charge in [-0.15, -0.1) is 0 Å². The molecule has 1 unspecified atom stereocenters. The second-order valence-electron chi connectivity index (χ2n) is 5.62. The molecule has 1 aliphatic rings. The van der Waals surface area contributed by atoms with Crippen LogP contribution in [-0.4, -0.2) is 20.5 Å². The van der Waals surface area contributed by atoms with Crippen molar-refractivity contribution in [3.8, 4) is 0 Å². The van der Waals surface area contributed by atoms with Crippen LogP contribution in [0.4, 0.5) is 0 Å². The third kappa shape index (κ3) is 1.88. The van der Waals surface area contributed by atoms with Gasteiger partial charge >= 0.3 is 0 Å². The zero-order valence-corrected chi connectivity index (χ0v) is 10.7. The third-order valence-corrected chi connectivity index (χ3v) is 4.22. The van der Waals surface area contributed by atoms with Crippen LogP contribution >= 0.6 is 0 Å². The fourth-order valence-electron chi connectivity index (χ4n) is 2.20. The van der Waals surface area contributed by atoms with E-state index >= 15 is 0 Å². The van der Waals surface area contributed by atoms with Crippen LogP contribution in [0.15, 0.2) is 6.07 Å². The molecule has 2 rings (SSSR count). The average Bonchev–Trinajstić information content (AvgIpc) is 2.86. The molecule has 3 nitrogen and oxygen atoms in total. The summed E-state index contributed by atoms with van der Waals surface area (Å²) in [4.78, 5) is 0. The van der Waals surface area contributed by atoms with Gasteiger partial charge in [0, 0.05) is 19.2 Å². The molecule has 1 saturated carbocycles. The van der Waals surface area contributed by atoms with Crippen molar-refractivity contribution < 1.29 is 5.11 Å². The largest absolute Gasteiger partial charge is 0.389 e. The predicted octanol–water partition coefficient (Wildman–Crippen LogP) is 2.08. The molecule has 1 aromatic heterocycles. The monoisotopic (exact) mass is 222 g/mol. The molecule has 0 aromatic carbocycles. The van der Waals surface area contributed by atoms with Crippen molar-refractivity contribution in [1.29, 1.82) is 0 Å². The van der Waals surface area contributed by atoms with Crippen LogP contribution in [-0.2, 0) is 19.9 Å². The molecule has 0 aliphatic heterocycles. The number of aryl methyl sites for hydroxylation is 2. The summed E-state index contributed by atoms with van der Waals surface area (Å²) in [6.45, 7) is 6.23. The lowest BCUT2D eigenvalue weighted by Crippen LogP contribution is -2.37. The lowest BCUT2D eigenvalue weighted by Gasteiger charge is -2.30. The van der Waals surface area contributed by atoms with Gasteiger partial charge in [0.15, 0.2) is 0 Å². The highest BCUT2D eigenvalue weighted by molar-refractivity contribution is 5.16. The molecule has 90 valence electrons. The van der Waals surface area contributed by atoms with E-state index < -0.39 is 5.60 Å². The number of hydrogen-bond acceptors (Lipinski definition) is 2. The van der Waals surface area contributed by atoms with Crippen LogP contribution in [0.25, 0.3) is 0 Å². The van der Waals surface area contributed by atoms with Gasteiger partial charge in [-0.1, -0.05) is 13.8 Å². The summed E-state index contributed by atoms with van der Waals surface area (Å²) in [5, 5.41) is 15.0. The molecule has 0 radical (unpaired) electrons. The Morgan fingerprint density at radius 3 is 2.62 bits per heavy atom. The van der Waals surface area contributed by atoms with Gasteiger partial charge in [-0.25, -0.2) is 0 Å². The lowest BCUT2D eigenvalue weighted by molar-refractivity contribution is -0.00854. The van der Waals surface area contributed by atoms with E-state index in [1.807, 2.05) is 18.7 Å². The molecule has 1 aromatic rings. The molecule has 1 atom stereocenters. The van der Waals surface area contributed by atoms with Crippen molar-refractivity contribution in [3.05, 3.63) is 17.5 Å². The van der Waals surface area contributed by atoms with Gasteiger partial charge in [-0.2, -0.15) is 5.10 Å². The molecule has 1 heterocycles. The smallest absolute Gasteiger partial charge is 0.0728 e. The van der Waals surface area contributed by atoms with Crippen molar-refractivity contribution >= 4 is 0 Å². The van der Waals surface area contributed by atoms with Crippen molar-refractivity contribution in [2.45, 2.75) is 52.1 Å². The van der Waals surface area contributed by atoms with Gasteiger partial charge < -0.3 is 5.11 Å². The fourth-order valence-corrected chi connectivity index (χ4v) is 2.20. The number of aliphatic hydroxyl groups is 1. The standard InChI is InChI=1S/C13H22N2O/c1-5-10-8-11(15(4)14-10)9-13(3,16)12(2)6-7-12/h8,16H,5-7,9H2,1-4H3. The molecule has 3 heteroatoms. The van der Waals surface area contributed by atoms with Crippen LogP contribution in [0, 0.1) is 5.41 Å². The van der Waals surface area contributed by atoms with Gasteiger partial charge in [0.25, 0.3) is 0 Å². The predicted molar refractivity (Wildman–Crippen MR) is 64.3 cm³/mol. The maximum atomic E-state index is 10.5. The summed E-state index contributed by atoms with van der Waals surface area (Å²) in [5.41, 5.74) is 1.75. The SMILES string of the molecule is CCc1cc(CC(C)(O)C2(C)CC2)n(C)n1. The topological polar surface area (TPSA) is 38.0 Å². The van der Waals surface area contributed by atoms with E-state index in [0.29, 0.717) is 6.42 Å². The second-order valence-corrected chi connectivity index (χ2v) is 5.62. The number of aromatic nitrogens is 2. The Balaban J connectivity index is 2.16. The highest BCUT2D eigenvalue weighted by atomic mass is 16.3. The molecule has 1 N–H and O–H groups in total. The van der Waals surface area contributed by atoms with Gasteiger partial charge in [0.2, 0.25) is 0 Å². The second kappa shape index (κ2) is 3.59. The van der Waals surface area contributed by atoms with Crippen molar-refractivity contribution in [2.24, 2.45) is 12.5 Å². The molecule has 1 fully saturated rings. The molecule has 0 bridgehead atoms. The number of nitrogens with zero attached hydrogens (tertiary/aromatic N) is 2. The summed E-state index contributed by atoms with van der Waals surface area (Å²) in [6.07, 6.45) is 3.93. The quantitative estimate of drug-likeness (QED) is 0.847. The van der Waals surface area contributed by atoms with Crippen molar-refractivity contribution in [3.63, 3.8) is 0 Å². The van der Waals surface area contributed by atoms with Crippen molar-refractivity contribution in [1.82, 2.24) is 9.78 Å². The van der Waals surface area contributed by atoms with Crippen LogP contribution in [0.5, 0.6) is 0 Å². The molecule has 0 amide bonds. The van der Waals surface area contributed by atoms with Crippen LogP contribution in [0.3, 0.4) is 0 Å². The molecular formula is C13H22N2O. The first kappa shape index (κ1) is 11.6. The highest BCUT2D eigenvalue weighted by Gasteiger charge is 2.52. The fraction of sp³-hybridized carbons (Fsp3) is 0.769. The normalized spacial score (nSPS) is 21.8. The lowest BCUT2D eigenvalue weighted by atomic mass is 9.83. The van der Waals surface area contributed by atoms with E-state index in [1.54, 1.807) is 0 Å². The summed E-state index contributed by atoms with van der Waals surface area (Å²) >= 11 is 0. The maximum absolute atomic E-state index is 10.5. The summed E-state index contributed by atoms with van der Waals surface area (Å²) in [7, 11) is 1.96. The summed E-state index contributed by atoms with van der Waals surface area (Å²) < 4.78 is 1.90. The Morgan fingerprint density at radius 2 is 2.19 bits per heavy atom. The van der Waals surface area contributed by atoms with E-state index in [2.05, 4.69) is 25.0 Å². The Kier molecular flexibility index (Phi) is 2.61. The zero-order valence-electron chi connectivity index (χ0n) is 10.7. The summed E-state index contributed by atoms with van der Waals surface area (Å²) in [6, 6.07) is 2.11. The third-order valence-electron chi connectivity index (χ3n) is 4.22. The Morgan fingerprint density at radius 1 is 1.56 bits per heavy atom. The van der Waals surface area contributed by atoms with Crippen LogP contribution in [0.1, 0.15) is 45.0 Å². The van der Waals surface area contributed by atoms with Crippen molar-refractivity contribution in [2.75, 3.05) is 0 Å². The number of rotatable bonds is 4. The molecular weight excluding hydrogens is 200 g/mol. The number of hydrogen-bond donors (Lipinski definition) is 1. The molecule has 16 heavy (non-hydrogen) atoms. The molecule has 0 spiro atoms. The van der Waals surface area contributed by atoms with E-state index in [4.69, 9.17) is 0 Å². The first-order chi connectivity index (χ1) is 7.38. The minimum absolute atomic E-state index is 0.115. The average molecular weight is 222 g/mol. The van der Waals surface area contributed by atoms with E-state index in [1.165, 1.54) is 0 Å². The van der Waals surface area contributed by atoms with E-state index in [0.717, 1.165) is 30.7 Å².